The molecule has 0 saturated carbocycles. The van der Waals surface area contributed by atoms with E-state index in [1.54, 1.807) is 36.4 Å². The maximum atomic E-state index is 13.1. The van der Waals surface area contributed by atoms with Gasteiger partial charge in [-0.2, -0.15) is 8.61 Å². The van der Waals surface area contributed by atoms with E-state index in [4.69, 9.17) is 0 Å². The highest BCUT2D eigenvalue weighted by atomic mass is 32.2. The molecule has 156 valence electrons. The molecular formula is C19H23N3O5S2. The predicted octanol–water partition coefficient (Wildman–Crippen LogP) is 0.839. The van der Waals surface area contributed by atoms with Gasteiger partial charge in [0.05, 0.1) is 9.79 Å². The molecule has 2 aromatic carbocycles. The Hall–Kier alpha value is -2.27. The van der Waals surface area contributed by atoms with Crippen LogP contribution in [-0.4, -0.2) is 76.0 Å². The molecular weight excluding hydrogens is 414 g/mol. The van der Waals surface area contributed by atoms with Crippen molar-refractivity contribution in [2.75, 3.05) is 33.7 Å². The number of likely N-dealkylation sites (N-methyl/N-ethyl adjacent to an activating group) is 1. The second-order valence-electron chi connectivity index (χ2n) is 6.85. The largest absolute Gasteiger partial charge is 0.347 e. The van der Waals surface area contributed by atoms with E-state index in [-0.39, 0.29) is 29.4 Å². The number of carbonyl (C=O) groups is 1. The van der Waals surface area contributed by atoms with Crippen LogP contribution in [0.2, 0.25) is 0 Å². The van der Waals surface area contributed by atoms with Crippen LogP contribution in [0.25, 0.3) is 0 Å². The number of carbonyl (C=O) groups excluding carboxylic acids is 1. The highest BCUT2D eigenvalue weighted by molar-refractivity contribution is 7.89. The molecule has 10 heteroatoms. The number of piperazine rings is 1. The fraction of sp³-hybridized carbons (Fsp3) is 0.316. The summed E-state index contributed by atoms with van der Waals surface area (Å²) in [6, 6.07) is 14.6. The van der Waals surface area contributed by atoms with E-state index < -0.39 is 32.0 Å². The van der Waals surface area contributed by atoms with Crippen LogP contribution in [0.3, 0.4) is 0 Å². The summed E-state index contributed by atoms with van der Waals surface area (Å²) in [4.78, 5) is 14.2. The number of nitrogens with zero attached hydrogens (tertiary/aromatic N) is 3. The monoisotopic (exact) mass is 437 g/mol. The first-order valence-corrected chi connectivity index (χ1v) is 11.9. The predicted molar refractivity (Wildman–Crippen MR) is 108 cm³/mol. The van der Waals surface area contributed by atoms with Crippen molar-refractivity contribution in [2.24, 2.45) is 0 Å². The molecule has 1 amide bonds. The van der Waals surface area contributed by atoms with Crippen LogP contribution in [-0.2, 0) is 24.8 Å². The van der Waals surface area contributed by atoms with Gasteiger partial charge in [0.15, 0.2) is 0 Å². The van der Waals surface area contributed by atoms with Crippen LogP contribution in [0.1, 0.15) is 0 Å². The highest BCUT2D eigenvalue weighted by Crippen LogP contribution is 2.25. The molecule has 1 atom stereocenters. The fourth-order valence-electron chi connectivity index (χ4n) is 3.22. The zero-order valence-corrected chi connectivity index (χ0v) is 17.8. The number of benzene rings is 2. The summed E-state index contributed by atoms with van der Waals surface area (Å²) in [6.07, 6.45) is 0. The molecule has 8 nitrogen and oxygen atoms in total. The van der Waals surface area contributed by atoms with E-state index in [0.717, 1.165) is 4.31 Å². The van der Waals surface area contributed by atoms with Gasteiger partial charge in [0.2, 0.25) is 26.0 Å². The molecule has 1 heterocycles. The second kappa shape index (κ2) is 8.23. The van der Waals surface area contributed by atoms with Gasteiger partial charge in [-0.25, -0.2) is 16.8 Å². The van der Waals surface area contributed by atoms with Crippen LogP contribution >= 0.6 is 0 Å². The van der Waals surface area contributed by atoms with Gasteiger partial charge >= 0.3 is 0 Å². The van der Waals surface area contributed by atoms with Gasteiger partial charge in [0.1, 0.15) is 6.04 Å². The Labute approximate surface area is 171 Å². The van der Waals surface area contributed by atoms with Crippen LogP contribution < -0.4 is 0 Å². The molecule has 1 unspecified atom stereocenters. The smallest absolute Gasteiger partial charge is 0.243 e. The summed E-state index contributed by atoms with van der Waals surface area (Å²) in [7, 11) is -4.78. The minimum atomic E-state index is -3.96. The molecule has 1 fully saturated rings. The fourth-order valence-corrected chi connectivity index (χ4v) is 6.26. The minimum absolute atomic E-state index is 0.0412. The van der Waals surface area contributed by atoms with E-state index in [9.17, 15) is 21.6 Å². The Morgan fingerprint density at radius 2 is 1.31 bits per heavy atom. The van der Waals surface area contributed by atoms with Crippen molar-refractivity contribution in [2.45, 2.75) is 15.8 Å². The Bertz CT molecular complexity index is 1070. The van der Waals surface area contributed by atoms with Gasteiger partial charge < -0.3 is 4.90 Å². The molecule has 0 aromatic heterocycles. The molecule has 0 bridgehead atoms. The molecule has 0 N–H and O–H groups in total. The Morgan fingerprint density at radius 1 is 0.828 bits per heavy atom. The topological polar surface area (TPSA) is 95.1 Å². The number of rotatable bonds is 5. The standard InChI is InChI=1S/C19H23N3O5S2/c1-20(2)19(23)18-15-21(28(24,25)16-9-5-3-6-10-16)13-14-22(18)29(26,27)17-11-7-4-8-12-17/h3-12,18H,13-15H2,1-2H3. The van der Waals surface area contributed by atoms with Crippen molar-refractivity contribution >= 4 is 26.0 Å². The Morgan fingerprint density at radius 3 is 1.79 bits per heavy atom. The van der Waals surface area contributed by atoms with E-state index in [2.05, 4.69) is 0 Å². The van der Waals surface area contributed by atoms with E-state index >= 15 is 0 Å². The van der Waals surface area contributed by atoms with Crippen molar-refractivity contribution in [3.63, 3.8) is 0 Å². The molecule has 1 aliphatic rings. The number of hydrogen-bond acceptors (Lipinski definition) is 5. The van der Waals surface area contributed by atoms with E-state index in [1.165, 1.54) is 47.6 Å². The summed E-state index contributed by atoms with van der Waals surface area (Å²) in [6.45, 7) is -0.408. The van der Waals surface area contributed by atoms with Crippen molar-refractivity contribution < 1.29 is 21.6 Å². The van der Waals surface area contributed by atoms with Gasteiger partial charge in [-0.3, -0.25) is 4.79 Å². The SMILES string of the molecule is CN(C)C(=O)C1CN(S(=O)(=O)c2ccccc2)CCN1S(=O)(=O)c1ccccc1. The number of amides is 1. The first-order valence-electron chi connectivity index (χ1n) is 8.99. The zero-order chi connectivity index (χ0) is 21.2. The first kappa shape index (κ1) is 21.4. The number of hydrogen-bond donors (Lipinski definition) is 0. The molecule has 2 aromatic rings. The quantitative estimate of drug-likeness (QED) is 0.691. The third-order valence-corrected chi connectivity index (χ3v) is 8.55. The summed E-state index contributed by atoms with van der Waals surface area (Å²) >= 11 is 0. The zero-order valence-electron chi connectivity index (χ0n) is 16.2. The van der Waals surface area contributed by atoms with E-state index in [0.29, 0.717) is 0 Å². The van der Waals surface area contributed by atoms with Gasteiger partial charge in [-0.1, -0.05) is 36.4 Å². The second-order valence-corrected chi connectivity index (χ2v) is 10.7. The van der Waals surface area contributed by atoms with Crippen LogP contribution in [0.4, 0.5) is 0 Å². The number of sulfonamides is 2. The molecule has 3 rings (SSSR count). The average molecular weight is 438 g/mol. The lowest BCUT2D eigenvalue weighted by Gasteiger charge is -2.39. The van der Waals surface area contributed by atoms with Crippen molar-refractivity contribution in [1.82, 2.24) is 13.5 Å². The Kier molecular flexibility index (Phi) is 6.08. The molecule has 1 saturated heterocycles. The molecule has 0 aliphatic carbocycles. The molecule has 0 radical (unpaired) electrons. The van der Waals surface area contributed by atoms with Crippen molar-refractivity contribution in [3.8, 4) is 0 Å². The summed E-state index contributed by atoms with van der Waals surface area (Å²) < 4.78 is 54.5. The minimum Gasteiger partial charge on any atom is -0.347 e. The maximum absolute atomic E-state index is 13.1. The first-order chi connectivity index (χ1) is 13.7. The molecule has 0 spiro atoms. The lowest BCUT2D eigenvalue weighted by atomic mass is 10.2. The average Bonchev–Trinajstić information content (AvgIpc) is 2.74. The van der Waals surface area contributed by atoms with Crippen molar-refractivity contribution in [1.29, 1.82) is 0 Å². The lowest BCUT2D eigenvalue weighted by molar-refractivity contribution is -0.133. The Balaban J connectivity index is 1.97. The maximum Gasteiger partial charge on any atom is 0.243 e. The van der Waals surface area contributed by atoms with Crippen molar-refractivity contribution in [3.05, 3.63) is 60.7 Å². The summed E-state index contributed by atoms with van der Waals surface area (Å²) in [5.41, 5.74) is 0. The third-order valence-electron chi connectivity index (χ3n) is 4.75. The molecule has 29 heavy (non-hydrogen) atoms. The third kappa shape index (κ3) is 4.20. The van der Waals surface area contributed by atoms with Crippen LogP contribution in [0.15, 0.2) is 70.5 Å². The van der Waals surface area contributed by atoms with Crippen LogP contribution in [0.5, 0.6) is 0 Å². The summed E-state index contributed by atoms with van der Waals surface area (Å²) in [5.74, 6) is -0.475. The van der Waals surface area contributed by atoms with Gasteiger partial charge in [-0.15, -0.1) is 0 Å². The summed E-state index contributed by atoms with van der Waals surface area (Å²) in [5, 5.41) is 0. The lowest BCUT2D eigenvalue weighted by Crippen LogP contribution is -2.61. The van der Waals surface area contributed by atoms with Gasteiger partial charge in [0.25, 0.3) is 0 Å². The van der Waals surface area contributed by atoms with Gasteiger partial charge in [-0.05, 0) is 24.3 Å². The van der Waals surface area contributed by atoms with Gasteiger partial charge in [0, 0.05) is 33.7 Å². The molecule has 1 aliphatic heterocycles. The normalized spacial score (nSPS) is 19.0. The van der Waals surface area contributed by atoms with Crippen LogP contribution in [0, 0.1) is 0 Å². The van der Waals surface area contributed by atoms with E-state index in [1.807, 2.05) is 0 Å². The highest BCUT2D eigenvalue weighted by Gasteiger charge is 2.43.